The lowest BCUT2D eigenvalue weighted by molar-refractivity contribution is -0.157. The van der Waals surface area contributed by atoms with Crippen molar-refractivity contribution in [3.8, 4) is 0 Å². The van der Waals surface area contributed by atoms with Crippen molar-refractivity contribution in [2.45, 2.75) is 58.1 Å². The number of nitrogens with one attached hydrogen (secondary N) is 2. The minimum absolute atomic E-state index is 0.0711. The molecule has 0 saturated carbocycles. The van der Waals surface area contributed by atoms with Gasteiger partial charge in [0, 0.05) is 25.4 Å². The Balaban J connectivity index is 2.17. The highest BCUT2D eigenvalue weighted by Gasteiger charge is 2.25. The van der Waals surface area contributed by atoms with E-state index in [4.69, 9.17) is 4.74 Å². The van der Waals surface area contributed by atoms with Crippen molar-refractivity contribution in [3.05, 3.63) is 0 Å². The van der Waals surface area contributed by atoms with Crippen LogP contribution in [0.5, 0.6) is 0 Å². The van der Waals surface area contributed by atoms with Crippen LogP contribution in [-0.2, 0) is 19.1 Å². The van der Waals surface area contributed by atoms with Gasteiger partial charge in [-0.05, 0) is 33.1 Å². The average Bonchev–Trinajstić information content (AvgIpc) is 2.31. The van der Waals surface area contributed by atoms with Crippen LogP contribution >= 0.6 is 0 Å². The first kappa shape index (κ1) is 15.5. The maximum absolute atomic E-state index is 11.5. The molecule has 0 aromatic heterocycles. The molecule has 0 radical (unpaired) electrons. The normalized spacial score (nSPS) is 18.9. The lowest BCUT2D eigenvalue weighted by Crippen LogP contribution is -2.42. The molecule has 0 bridgehead atoms. The maximum atomic E-state index is 11.5. The van der Waals surface area contributed by atoms with Crippen LogP contribution in [0.1, 0.15) is 46.0 Å². The molecule has 1 aliphatic heterocycles. The zero-order chi connectivity index (χ0) is 14.3. The molecule has 0 aromatic rings. The maximum Gasteiger partial charge on any atom is 0.306 e. The smallest absolute Gasteiger partial charge is 0.306 e. The predicted molar refractivity (Wildman–Crippen MR) is 69.3 cm³/mol. The van der Waals surface area contributed by atoms with Gasteiger partial charge in [0.2, 0.25) is 5.91 Å². The number of ether oxygens (including phenoxy) is 1. The highest BCUT2D eigenvalue weighted by molar-refractivity contribution is 5.84. The number of carbonyl (C=O) groups excluding carboxylic acids is 3. The second-order valence-electron chi connectivity index (χ2n) is 4.99. The van der Waals surface area contributed by atoms with Gasteiger partial charge in [-0.15, -0.1) is 0 Å². The van der Waals surface area contributed by atoms with Crippen molar-refractivity contribution in [2.24, 2.45) is 0 Å². The lowest BCUT2D eigenvalue weighted by atomic mass is 10.1. The molecule has 0 aromatic carbocycles. The van der Waals surface area contributed by atoms with Gasteiger partial charge in [0.15, 0.2) is 6.10 Å². The summed E-state index contributed by atoms with van der Waals surface area (Å²) in [5.74, 6) is -0.713. The van der Waals surface area contributed by atoms with E-state index < -0.39 is 12.1 Å². The van der Waals surface area contributed by atoms with Gasteiger partial charge in [0.05, 0.1) is 0 Å². The summed E-state index contributed by atoms with van der Waals surface area (Å²) >= 11 is 0. The molecule has 1 aliphatic rings. The molecule has 1 rings (SSSR count). The molecule has 19 heavy (non-hydrogen) atoms. The number of hydrogen-bond donors (Lipinski definition) is 2. The zero-order valence-electron chi connectivity index (χ0n) is 11.5. The lowest BCUT2D eigenvalue weighted by Gasteiger charge is -2.21. The number of carbonyl (C=O) groups is 3. The summed E-state index contributed by atoms with van der Waals surface area (Å²) < 4.78 is 5.08. The standard InChI is InChI=1S/C13H22N2O4/c1-9(2)15-11(16)6-3-7-12(17)19-10-5-4-8-14-13(10)18/h9-10H,3-8H2,1-2H3,(H,14,18)(H,15,16). The van der Waals surface area contributed by atoms with Gasteiger partial charge in [-0.3, -0.25) is 14.4 Å². The minimum atomic E-state index is -0.661. The fourth-order valence-electron chi connectivity index (χ4n) is 1.86. The second-order valence-corrected chi connectivity index (χ2v) is 4.99. The Morgan fingerprint density at radius 1 is 1.42 bits per heavy atom. The van der Waals surface area contributed by atoms with Crippen LogP contribution in [-0.4, -0.2) is 36.5 Å². The van der Waals surface area contributed by atoms with Crippen molar-refractivity contribution in [3.63, 3.8) is 0 Å². The van der Waals surface area contributed by atoms with E-state index in [-0.39, 0.29) is 24.3 Å². The Hall–Kier alpha value is -1.59. The van der Waals surface area contributed by atoms with Crippen LogP contribution < -0.4 is 10.6 Å². The summed E-state index contributed by atoms with van der Waals surface area (Å²) in [4.78, 5) is 34.3. The summed E-state index contributed by atoms with van der Waals surface area (Å²) in [6, 6.07) is 0.102. The molecule has 1 fully saturated rings. The number of amides is 2. The van der Waals surface area contributed by atoms with Crippen LogP contribution in [0.2, 0.25) is 0 Å². The fraction of sp³-hybridized carbons (Fsp3) is 0.769. The van der Waals surface area contributed by atoms with Crippen molar-refractivity contribution in [2.75, 3.05) is 6.54 Å². The average molecular weight is 270 g/mol. The van der Waals surface area contributed by atoms with E-state index in [2.05, 4.69) is 10.6 Å². The van der Waals surface area contributed by atoms with Crippen LogP contribution in [0.15, 0.2) is 0 Å². The van der Waals surface area contributed by atoms with Crippen molar-refractivity contribution < 1.29 is 19.1 Å². The minimum Gasteiger partial charge on any atom is -0.452 e. The van der Waals surface area contributed by atoms with Crippen LogP contribution in [0.25, 0.3) is 0 Å². The van der Waals surface area contributed by atoms with Gasteiger partial charge in [-0.1, -0.05) is 0 Å². The predicted octanol–water partition coefficient (Wildman–Crippen LogP) is 0.503. The topological polar surface area (TPSA) is 84.5 Å². The first-order valence-electron chi connectivity index (χ1n) is 6.75. The number of hydrogen-bond acceptors (Lipinski definition) is 4. The van der Waals surface area contributed by atoms with Crippen molar-refractivity contribution in [1.82, 2.24) is 10.6 Å². The van der Waals surface area contributed by atoms with Gasteiger partial charge in [-0.25, -0.2) is 0 Å². The van der Waals surface area contributed by atoms with E-state index in [1.807, 2.05) is 13.8 Å². The van der Waals surface area contributed by atoms with Crippen LogP contribution in [0.3, 0.4) is 0 Å². The van der Waals surface area contributed by atoms with Gasteiger partial charge >= 0.3 is 5.97 Å². The Morgan fingerprint density at radius 3 is 2.79 bits per heavy atom. The third-order valence-corrected chi connectivity index (χ3v) is 2.74. The van der Waals surface area contributed by atoms with E-state index in [0.29, 0.717) is 25.8 Å². The molecular weight excluding hydrogens is 248 g/mol. The highest BCUT2D eigenvalue weighted by Crippen LogP contribution is 2.09. The van der Waals surface area contributed by atoms with Crippen LogP contribution in [0, 0.1) is 0 Å². The molecule has 0 spiro atoms. The van der Waals surface area contributed by atoms with Crippen molar-refractivity contribution >= 4 is 17.8 Å². The Labute approximate surface area is 113 Å². The molecule has 1 unspecified atom stereocenters. The summed E-state index contributed by atoms with van der Waals surface area (Å²) in [5, 5.41) is 5.40. The largest absolute Gasteiger partial charge is 0.452 e. The molecule has 2 N–H and O–H groups in total. The molecule has 108 valence electrons. The summed E-state index contributed by atoms with van der Waals surface area (Å²) in [6.07, 6.45) is 1.63. The third kappa shape index (κ3) is 6.22. The third-order valence-electron chi connectivity index (χ3n) is 2.74. The molecule has 1 saturated heterocycles. The van der Waals surface area contributed by atoms with Gasteiger partial charge in [0.25, 0.3) is 5.91 Å². The molecule has 0 aliphatic carbocycles. The Morgan fingerprint density at radius 2 is 2.16 bits per heavy atom. The van der Waals surface area contributed by atoms with Crippen molar-refractivity contribution in [1.29, 1.82) is 0 Å². The second kappa shape index (κ2) is 7.76. The number of esters is 1. The summed E-state index contributed by atoms with van der Waals surface area (Å²) in [6.45, 7) is 4.41. The first-order chi connectivity index (χ1) is 8.99. The monoisotopic (exact) mass is 270 g/mol. The molecule has 6 heteroatoms. The van der Waals surface area contributed by atoms with E-state index in [0.717, 1.165) is 6.42 Å². The summed E-state index contributed by atoms with van der Waals surface area (Å²) in [7, 11) is 0. The fourth-order valence-corrected chi connectivity index (χ4v) is 1.86. The quantitative estimate of drug-likeness (QED) is 0.688. The highest BCUT2D eigenvalue weighted by atomic mass is 16.5. The van der Waals surface area contributed by atoms with E-state index >= 15 is 0 Å². The van der Waals surface area contributed by atoms with Gasteiger partial charge < -0.3 is 15.4 Å². The summed E-state index contributed by atoms with van der Waals surface area (Å²) in [5.41, 5.74) is 0. The first-order valence-corrected chi connectivity index (χ1v) is 6.75. The Kier molecular flexibility index (Phi) is 6.32. The van der Waals surface area contributed by atoms with Gasteiger partial charge in [-0.2, -0.15) is 0 Å². The SMILES string of the molecule is CC(C)NC(=O)CCCC(=O)OC1CCCNC1=O. The molecular formula is C13H22N2O4. The van der Waals surface area contributed by atoms with Crippen LogP contribution in [0.4, 0.5) is 0 Å². The van der Waals surface area contributed by atoms with E-state index in [9.17, 15) is 14.4 Å². The van der Waals surface area contributed by atoms with E-state index in [1.54, 1.807) is 0 Å². The van der Waals surface area contributed by atoms with Gasteiger partial charge in [0.1, 0.15) is 0 Å². The van der Waals surface area contributed by atoms with E-state index in [1.165, 1.54) is 0 Å². The molecule has 6 nitrogen and oxygen atoms in total. The number of piperidine rings is 1. The molecule has 1 atom stereocenters. The molecule has 1 heterocycles. The molecule has 2 amide bonds. The number of rotatable bonds is 6. The zero-order valence-corrected chi connectivity index (χ0v) is 11.5. The Bertz CT molecular complexity index is 342.